The van der Waals surface area contributed by atoms with E-state index in [1.54, 1.807) is 11.8 Å². The lowest BCUT2D eigenvalue weighted by Crippen LogP contribution is -2.21. The molecule has 1 aromatic heterocycles. The van der Waals surface area contributed by atoms with Gasteiger partial charge in [-0.15, -0.1) is 11.8 Å². The zero-order chi connectivity index (χ0) is 13.7. The van der Waals surface area contributed by atoms with Crippen molar-refractivity contribution in [3.8, 4) is 0 Å². The molecule has 0 atom stereocenters. The molecule has 2 aromatic rings. The van der Waals surface area contributed by atoms with Gasteiger partial charge in [0.05, 0.1) is 11.4 Å². The van der Waals surface area contributed by atoms with Gasteiger partial charge < -0.3 is 9.84 Å². The predicted octanol–water partition coefficient (Wildman–Crippen LogP) is 3.77. The first-order chi connectivity index (χ1) is 9.13. The Morgan fingerprint density at radius 3 is 2.58 bits per heavy atom. The number of hydrogen-bond acceptors (Lipinski definition) is 4. The second-order valence-corrected chi connectivity index (χ2v) is 5.95. The van der Waals surface area contributed by atoms with Crippen molar-refractivity contribution in [2.75, 3.05) is 0 Å². The van der Waals surface area contributed by atoms with Gasteiger partial charge in [-0.2, -0.15) is 0 Å². The van der Waals surface area contributed by atoms with Crippen LogP contribution in [0.15, 0.2) is 39.8 Å². The molecule has 0 bridgehead atoms. The smallest absolute Gasteiger partial charge is 0.147 e. The lowest BCUT2D eigenvalue weighted by atomic mass is 10.2. The summed E-state index contributed by atoms with van der Waals surface area (Å²) in [5.41, 5.74) is 2.25. The monoisotopic (exact) mass is 276 g/mol. The zero-order valence-corrected chi connectivity index (χ0v) is 12.5. The minimum Gasteiger partial charge on any atom is -0.360 e. The van der Waals surface area contributed by atoms with Gasteiger partial charge in [0.1, 0.15) is 5.76 Å². The molecule has 0 fully saturated rings. The van der Waals surface area contributed by atoms with Crippen molar-refractivity contribution in [2.45, 2.75) is 44.0 Å². The Morgan fingerprint density at radius 2 is 2.00 bits per heavy atom. The Balaban J connectivity index is 1.84. The molecule has 3 nitrogen and oxygen atoms in total. The van der Waals surface area contributed by atoms with E-state index in [0.29, 0.717) is 6.04 Å². The normalized spacial score (nSPS) is 11.2. The highest BCUT2D eigenvalue weighted by atomic mass is 32.2. The molecule has 0 amide bonds. The highest BCUT2D eigenvalue weighted by Gasteiger charge is 2.02. The van der Waals surface area contributed by atoms with Crippen molar-refractivity contribution in [1.82, 2.24) is 10.5 Å². The highest BCUT2D eigenvalue weighted by molar-refractivity contribution is 7.98. The third kappa shape index (κ3) is 4.73. The number of aromatic nitrogens is 1. The van der Waals surface area contributed by atoms with Gasteiger partial charge in [0.15, 0.2) is 0 Å². The van der Waals surface area contributed by atoms with E-state index in [-0.39, 0.29) is 0 Å². The number of thioether (sulfide) groups is 1. The maximum absolute atomic E-state index is 5.19. The Bertz CT molecular complexity index is 505. The van der Waals surface area contributed by atoms with Crippen molar-refractivity contribution < 1.29 is 4.52 Å². The SMILES string of the molecule is Cc1cc(CSc2ccc(CNC(C)C)cc2)on1. The molecule has 0 aliphatic rings. The van der Waals surface area contributed by atoms with Crippen LogP contribution in [0.1, 0.15) is 30.9 Å². The summed E-state index contributed by atoms with van der Waals surface area (Å²) in [7, 11) is 0. The molecular weight excluding hydrogens is 256 g/mol. The molecule has 102 valence electrons. The summed E-state index contributed by atoms with van der Waals surface area (Å²) in [5, 5.41) is 7.30. The van der Waals surface area contributed by atoms with Gasteiger partial charge >= 0.3 is 0 Å². The summed E-state index contributed by atoms with van der Waals surface area (Å²) in [5.74, 6) is 1.75. The third-order valence-electron chi connectivity index (χ3n) is 2.70. The minimum absolute atomic E-state index is 0.517. The van der Waals surface area contributed by atoms with Crippen LogP contribution in [-0.2, 0) is 12.3 Å². The molecule has 0 saturated carbocycles. The van der Waals surface area contributed by atoms with E-state index >= 15 is 0 Å². The van der Waals surface area contributed by atoms with Crippen LogP contribution in [0.3, 0.4) is 0 Å². The first-order valence-corrected chi connectivity index (χ1v) is 7.49. The Labute approximate surface area is 118 Å². The molecule has 0 saturated heterocycles. The average Bonchev–Trinajstić information content (AvgIpc) is 2.81. The number of aryl methyl sites for hydroxylation is 1. The van der Waals surface area contributed by atoms with Crippen LogP contribution >= 0.6 is 11.8 Å². The Morgan fingerprint density at radius 1 is 1.26 bits per heavy atom. The summed E-state index contributed by atoms with van der Waals surface area (Å²) in [6, 6.07) is 11.2. The Kier molecular flexibility index (Phi) is 5.05. The first-order valence-electron chi connectivity index (χ1n) is 6.51. The average molecular weight is 276 g/mol. The number of benzene rings is 1. The molecule has 0 aliphatic carbocycles. The first kappa shape index (κ1) is 14.2. The molecule has 0 spiro atoms. The molecule has 0 unspecified atom stereocenters. The fourth-order valence-corrected chi connectivity index (χ4v) is 2.44. The number of hydrogen-bond donors (Lipinski definition) is 1. The topological polar surface area (TPSA) is 38.1 Å². The minimum atomic E-state index is 0.517. The molecule has 2 rings (SSSR count). The third-order valence-corrected chi connectivity index (χ3v) is 3.73. The van der Waals surface area contributed by atoms with E-state index in [2.05, 4.69) is 48.6 Å². The van der Waals surface area contributed by atoms with Crippen LogP contribution < -0.4 is 5.32 Å². The fourth-order valence-electron chi connectivity index (χ4n) is 1.66. The lowest BCUT2D eigenvalue weighted by Gasteiger charge is -2.08. The number of nitrogens with one attached hydrogen (secondary N) is 1. The van der Waals surface area contributed by atoms with Gasteiger partial charge in [-0.25, -0.2) is 0 Å². The predicted molar refractivity (Wildman–Crippen MR) is 79.2 cm³/mol. The molecule has 4 heteroatoms. The van der Waals surface area contributed by atoms with Crippen LogP contribution in [0.25, 0.3) is 0 Å². The van der Waals surface area contributed by atoms with Gasteiger partial charge in [0, 0.05) is 23.5 Å². The zero-order valence-electron chi connectivity index (χ0n) is 11.6. The van der Waals surface area contributed by atoms with E-state index in [1.807, 2.05) is 13.0 Å². The molecule has 1 aromatic carbocycles. The molecule has 19 heavy (non-hydrogen) atoms. The largest absolute Gasteiger partial charge is 0.360 e. The quantitative estimate of drug-likeness (QED) is 0.815. The van der Waals surface area contributed by atoms with E-state index in [4.69, 9.17) is 4.52 Å². The van der Waals surface area contributed by atoms with Gasteiger partial charge in [0.2, 0.25) is 0 Å². The van der Waals surface area contributed by atoms with Crippen LogP contribution in [0.4, 0.5) is 0 Å². The maximum Gasteiger partial charge on any atom is 0.147 e. The van der Waals surface area contributed by atoms with Crippen molar-refractivity contribution in [3.63, 3.8) is 0 Å². The second-order valence-electron chi connectivity index (χ2n) is 4.90. The molecule has 1 N–H and O–H groups in total. The molecule has 1 heterocycles. The Hall–Kier alpha value is -1.26. The molecular formula is C15H20N2OS. The van der Waals surface area contributed by atoms with E-state index in [1.165, 1.54) is 10.5 Å². The molecule has 0 aliphatic heterocycles. The standard InChI is InChI=1S/C15H20N2OS/c1-11(2)16-9-13-4-6-15(7-5-13)19-10-14-8-12(3)17-18-14/h4-8,11,16H,9-10H2,1-3H3. The highest BCUT2D eigenvalue weighted by Crippen LogP contribution is 2.23. The van der Waals surface area contributed by atoms with E-state index in [9.17, 15) is 0 Å². The number of rotatable bonds is 6. The van der Waals surface area contributed by atoms with Gasteiger partial charge in [-0.3, -0.25) is 0 Å². The van der Waals surface area contributed by atoms with E-state index < -0.39 is 0 Å². The van der Waals surface area contributed by atoms with E-state index in [0.717, 1.165) is 23.8 Å². The summed E-state index contributed by atoms with van der Waals surface area (Å²) >= 11 is 1.77. The lowest BCUT2D eigenvalue weighted by molar-refractivity contribution is 0.391. The van der Waals surface area contributed by atoms with Crippen molar-refractivity contribution >= 4 is 11.8 Å². The van der Waals surface area contributed by atoms with Gasteiger partial charge in [0.25, 0.3) is 0 Å². The van der Waals surface area contributed by atoms with Gasteiger partial charge in [-0.05, 0) is 24.6 Å². The van der Waals surface area contributed by atoms with Crippen LogP contribution in [-0.4, -0.2) is 11.2 Å². The summed E-state index contributed by atoms with van der Waals surface area (Å²) in [6.45, 7) is 7.17. The number of nitrogens with zero attached hydrogens (tertiary/aromatic N) is 1. The van der Waals surface area contributed by atoms with Crippen molar-refractivity contribution in [2.24, 2.45) is 0 Å². The summed E-state index contributed by atoms with van der Waals surface area (Å²) in [4.78, 5) is 1.25. The van der Waals surface area contributed by atoms with Crippen molar-refractivity contribution in [1.29, 1.82) is 0 Å². The summed E-state index contributed by atoms with van der Waals surface area (Å²) in [6.07, 6.45) is 0. The van der Waals surface area contributed by atoms with Gasteiger partial charge in [-0.1, -0.05) is 31.1 Å². The van der Waals surface area contributed by atoms with Crippen LogP contribution in [0.5, 0.6) is 0 Å². The summed E-state index contributed by atoms with van der Waals surface area (Å²) < 4.78 is 5.19. The van der Waals surface area contributed by atoms with Crippen LogP contribution in [0, 0.1) is 6.92 Å². The van der Waals surface area contributed by atoms with Crippen LogP contribution in [0.2, 0.25) is 0 Å². The van der Waals surface area contributed by atoms with Crippen molar-refractivity contribution in [3.05, 3.63) is 47.3 Å². The fraction of sp³-hybridized carbons (Fsp3) is 0.400. The maximum atomic E-state index is 5.19. The second kappa shape index (κ2) is 6.78. The molecule has 0 radical (unpaired) electrons.